The molecule has 6 heteroatoms. The molecular weight excluding hydrogens is 322 g/mol. The monoisotopic (exact) mass is 337 g/mol. The minimum Gasteiger partial charge on any atom is -0.494 e. The summed E-state index contributed by atoms with van der Waals surface area (Å²) in [7, 11) is 0. The lowest BCUT2D eigenvalue weighted by atomic mass is 9.95. The lowest BCUT2D eigenvalue weighted by Gasteiger charge is -2.26. The van der Waals surface area contributed by atoms with Gasteiger partial charge in [-0.05, 0) is 22.3 Å². The molecule has 0 radical (unpaired) electrons. The van der Waals surface area contributed by atoms with Gasteiger partial charge in [0.05, 0.1) is 5.92 Å². The van der Waals surface area contributed by atoms with Crippen LogP contribution in [0.15, 0.2) is 60.7 Å². The SMILES string of the molecule is O=C(O)OC(C1c2ccccc2-c2ccccc21)n1c(O)ccc1O. The van der Waals surface area contributed by atoms with Crippen molar-refractivity contribution in [2.24, 2.45) is 0 Å². The summed E-state index contributed by atoms with van der Waals surface area (Å²) in [6, 6.07) is 17.9. The number of hydrogen-bond donors (Lipinski definition) is 3. The molecule has 0 aliphatic heterocycles. The van der Waals surface area contributed by atoms with E-state index >= 15 is 0 Å². The molecule has 1 aromatic heterocycles. The van der Waals surface area contributed by atoms with Crippen LogP contribution in [-0.4, -0.2) is 26.0 Å². The van der Waals surface area contributed by atoms with Crippen LogP contribution in [0.3, 0.4) is 0 Å². The molecule has 0 saturated carbocycles. The molecule has 6 nitrogen and oxygen atoms in total. The summed E-state index contributed by atoms with van der Waals surface area (Å²) in [6.45, 7) is 0. The van der Waals surface area contributed by atoms with E-state index in [2.05, 4.69) is 0 Å². The Balaban J connectivity index is 1.95. The predicted molar refractivity (Wildman–Crippen MR) is 89.6 cm³/mol. The van der Waals surface area contributed by atoms with Crippen molar-refractivity contribution in [2.45, 2.75) is 12.1 Å². The molecule has 126 valence electrons. The van der Waals surface area contributed by atoms with Crippen molar-refractivity contribution < 1.29 is 24.9 Å². The van der Waals surface area contributed by atoms with E-state index in [9.17, 15) is 20.1 Å². The Morgan fingerprint density at radius 2 is 1.36 bits per heavy atom. The Kier molecular flexibility index (Phi) is 3.39. The van der Waals surface area contributed by atoms with Crippen LogP contribution in [0.2, 0.25) is 0 Å². The van der Waals surface area contributed by atoms with E-state index in [1.165, 1.54) is 12.1 Å². The molecular formula is C19H15NO5. The van der Waals surface area contributed by atoms with E-state index in [1.807, 2.05) is 48.5 Å². The third-order valence-corrected chi connectivity index (χ3v) is 4.52. The average molecular weight is 337 g/mol. The van der Waals surface area contributed by atoms with Gasteiger partial charge in [-0.1, -0.05) is 48.5 Å². The largest absolute Gasteiger partial charge is 0.507 e. The maximum absolute atomic E-state index is 11.3. The van der Waals surface area contributed by atoms with E-state index in [1.54, 1.807) is 0 Å². The smallest absolute Gasteiger partial charge is 0.494 e. The zero-order valence-corrected chi connectivity index (χ0v) is 13.0. The average Bonchev–Trinajstić information content (AvgIpc) is 3.10. The van der Waals surface area contributed by atoms with Crippen LogP contribution < -0.4 is 0 Å². The Morgan fingerprint density at radius 3 is 1.84 bits per heavy atom. The van der Waals surface area contributed by atoms with Crippen molar-refractivity contribution in [3.63, 3.8) is 0 Å². The number of nitrogens with zero attached hydrogens (tertiary/aromatic N) is 1. The molecule has 3 N–H and O–H groups in total. The van der Waals surface area contributed by atoms with E-state index in [0.29, 0.717) is 0 Å². The van der Waals surface area contributed by atoms with Crippen molar-refractivity contribution in [1.29, 1.82) is 0 Å². The maximum Gasteiger partial charge on any atom is 0.507 e. The minimum absolute atomic E-state index is 0.273. The van der Waals surface area contributed by atoms with Gasteiger partial charge in [0, 0.05) is 12.1 Å². The summed E-state index contributed by atoms with van der Waals surface area (Å²) in [6.07, 6.45) is -2.63. The predicted octanol–water partition coefficient (Wildman–Crippen LogP) is 3.91. The molecule has 0 bridgehead atoms. The molecule has 2 aromatic carbocycles. The molecule has 0 fully saturated rings. The Hall–Kier alpha value is -3.41. The Labute approximate surface area is 143 Å². The first-order chi connectivity index (χ1) is 12.1. The van der Waals surface area contributed by atoms with Crippen molar-refractivity contribution >= 4 is 6.16 Å². The van der Waals surface area contributed by atoms with E-state index in [4.69, 9.17) is 4.74 Å². The minimum atomic E-state index is -1.49. The van der Waals surface area contributed by atoms with Crippen molar-refractivity contribution in [2.75, 3.05) is 0 Å². The van der Waals surface area contributed by atoms with Crippen LogP contribution in [0.4, 0.5) is 4.79 Å². The van der Waals surface area contributed by atoms with Crippen LogP contribution in [0.5, 0.6) is 11.8 Å². The van der Waals surface area contributed by atoms with Gasteiger partial charge < -0.3 is 20.1 Å². The van der Waals surface area contributed by atoms with Crippen LogP contribution in [0, 0.1) is 0 Å². The zero-order valence-electron chi connectivity index (χ0n) is 13.0. The molecule has 1 aliphatic carbocycles. The molecule has 25 heavy (non-hydrogen) atoms. The van der Waals surface area contributed by atoms with E-state index in [-0.39, 0.29) is 11.8 Å². The first kappa shape index (κ1) is 15.1. The summed E-state index contributed by atoms with van der Waals surface area (Å²) in [5.74, 6) is -1.04. The van der Waals surface area contributed by atoms with Gasteiger partial charge in [-0.2, -0.15) is 0 Å². The molecule has 0 spiro atoms. The highest BCUT2D eigenvalue weighted by atomic mass is 16.7. The number of carboxylic acid groups (broad SMARTS) is 1. The number of hydrogen-bond acceptors (Lipinski definition) is 4. The van der Waals surface area contributed by atoms with Gasteiger partial charge in [0.1, 0.15) is 0 Å². The first-order valence-electron chi connectivity index (χ1n) is 7.75. The topological polar surface area (TPSA) is 91.9 Å². The third-order valence-electron chi connectivity index (χ3n) is 4.52. The van der Waals surface area contributed by atoms with Crippen LogP contribution in [0.1, 0.15) is 23.3 Å². The number of fused-ring (bicyclic) bond motifs is 3. The maximum atomic E-state index is 11.3. The Bertz CT molecular complexity index is 897. The van der Waals surface area contributed by atoms with Crippen molar-refractivity contribution in [1.82, 2.24) is 4.57 Å². The molecule has 0 saturated heterocycles. The molecule has 3 aromatic rings. The highest BCUT2D eigenvalue weighted by Gasteiger charge is 2.39. The highest BCUT2D eigenvalue weighted by molar-refractivity contribution is 5.79. The van der Waals surface area contributed by atoms with Gasteiger partial charge in [0.15, 0.2) is 18.0 Å². The van der Waals surface area contributed by atoms with Gasteiger partial charge in [-0.25, -0.2) is 9.36 Å². The third kappa shape index (κ3) is 2.30. The summed E-state index contributed by atoms with van der Waals surface area (Å²) in [4.78, 5) is 11.3. The number of rotatable bonds is 3. The number of ether oxygens (including phenoxy) is 1. The van der Waals surface area contributed by atoms with Gasteiger partial charge in [-0.3, -0.25) is 0 Å². The lowest BCUT2D eigenvalue weighted by molar-refractivity contribution is 0.00364. The lowest BCUT2D eigenvalue weighted by Crippen LogP contribution is -2.22. The summed E-state index contributed by atoms with van der Waals surface area (Å²) >= 11 is 0. The fourth-order valence-electron chi connectivity index (χ4n) is 3.56. The summed E-state index contributed by atoms with van der Waals surface area (Å²) in [5, 5.41) is 29.4. The fraction of sp³-hybridized carbons (Fsp3) is 0.105. The van der Waals surface area contributed by atoms with Gasteiger partial charge in [0.2, 0.25) is 0 Å². The standard InChI is InChI=1S/C19H15NO5/c21-15-9-10-16(22)20(15)18(25-19(23)24)17-13-7-3-1-5-11(13)12-6-2-4-8-14(12)17/h1-10,17-18,21-22H,(H,23,24). The molecule has 1 heterocycles. The summed E-state index contributed by atoms with van der Waals surface area (Å²) in [5.41, 5.74) is 3.71. The van der Waals surface area contributed by atoms with Crippen molar-refractivity contribution in [3.05, 3.63) is 71.8 Å². The zero-order chi connectivity index (χ0) is 17.6. The molecule has 1 unspecified atom stereocenters. The number of carbonyl (C=O) groups is 1. The number of aromatic nitrogens is 1. The number of aromatic hydroxyl groups is 2. The Morgan fingerprint density at radius 1 is 0.880 bits per heavy atom. The number of benzene rings is 2. The molecule has 1 aliphatic rings. The van der Waals surface area contributed by atoms with E-state index in [0.717, 1.165) is 26.8 Å². The van der Waals surface area contributed by atoms with Crippen LogP contribution in [-0.2, 0) is 4.74 Å². The normalized spacial score (nSPS) is 13.9. The molecule has 4 rings (SSSR count). The van der Waals surface area contributed by atoms with Gasteiger partial charge >= 0.3 is 6.16 Å². The molecule has 1 atom stereocenters. The second-order valence-electron chi connectivity index (χ2n) is 5.85. The second kappa shape index (κ2) is 5.59. The highest BCUT2D eigenvalue weighted by Crippen LogP contribution is 2.51. The molecule has 0 amide bonds. The summed E-state index contributed by atoms with van der Waals surface area (Å²) < 4.78 is 6.19. The quantitative estimate of drug-likeness (QED) is 0.630. The van der Waals surface area contributed by atoms with Gasteiger partial charge in [-0.15, -0.1) is 0 Å². The van der Waals surface area contributed by atoms with Crippen molar-refractivity contribution in [3.8, 4) is 22.9 Å². The second-order valence-corrected chi connectivity index (χ2v) is 5.85. The first-order valence-corrected chi connectivity index (χ1v) is 7.75. The fourth-order valence-corrected chi connectivity index (χ4v) is 3.56. The van der Waals surface area contributed by atoms with Crippen LogP contribution in [0.25, 0.3) is 11.1 Å². The van der Waals surface area contributed by atoms with E-state index < -0.39 is 18.3 Å². The van der Waals surface area contributed by atoms with Gasteiger partial charge in [0.25, 0.3) is 0 Å². The van der Waals surface area contributed by atoms with Crippen LogP contribution >= 0.6 is 0 Å².